The molecule has 1 rings (SSSR count). The second-order valence-corrected chi connectivity index (χ2v) is 5.64. The Hall–Kier alpha value is -0.820. The van der Waals surface area contributed by atoms with E-state index < -0.39 is 0 Å². The van der Waals surface area contributed by atoms with Crippen molar-refractivity contribution in [2.45, 2.75) is 32.9 Å². The van der Waals surface area contributed by atoms with Crippen LogP contribution in [-0.4, -0.2) is 44.6 Å². The number of benzene rings is 1. The van der Waals surface area contributed by atoms with Crippen molar-refractivity contribution in [1.82, 2.24) is 15.5 Å². The molecule has 21 heavy (non-hydrogen) atoms. The van der Waals surface area contributed by atoms with Gasteiger partial charge in [0.2, 0.25) is 0 Å². The molecule has 1 atom stereocenters. The number of likely N-dealkylation sites (N-methyl/N-ethyl adjacent to an activating group) is 1. The highest BCUT2D eigenvalue weighted by Gasteiger charge is 2.14. The molecule has 0 amide bonds. The van der Waals surface area contributed by atoms with E-state index in [-0.39, 0.29) is 24.0 Å². The molecule has 2 N–H and O–H groups in total. The van der Waals surface area contributed by atoms with Gasteiger partial charge in [0.05, 0.1) is 6.04 Å². The van der Waals surface area contributed by atoms with Gasteiger partial charge in [0.25, 0.3) is 0 Å². The van der Waals surface area contributed by atoms with Crippen LogP contribution in [0, 0.1) is 6.92 Å². The average molecular weight is 404 g/mol. The monoisotopic (exact) mass is 404 g/mol. The van der Waals surface area contributed by atoms with Gasteiger partial charge in [-0.05, 0) is 40.4 Å². The van der Waals surface area contributed by atoms with Crippen molar-refractivity contribution in [2.24, 2.45) is 4.99 Å². The summed E-state index contributed by atoms with van der Waals surface area (Å²) in [6.07, 6.45) is 0. The van der Waals surface area contributed by atoms with Gasteiger partial charge in [0, 0.05) is 19.6 Å². The molecule has 0 aliphatic heterocycles. The van der Waals surface area contributed by atoms with E-state index in [9.17, 15) is 0 Å². The number of aryl methyl sites for hydroxylation is 1. The van der Waals surface area contributed by atoms with Crippen molar-refractivity contribution < 1.29 is 0 Å². The summed E-state index contributed by atoms with van der Waals surface area (Å²) in [6, 6.07) is 9.40. The lowest BCUT2D eigenvalue weighted by molar-refractivity contribution is 0.298. The number of hydrogen-bond donors (Lipinski definition) is 2. The summed E-state index contributed by atoms with van der Waals surface area (Å²) in [7, 11) is 6.00. The molecular formula is C16H29IN4. The Morgan fingerprint density at radius 3 is 2.19 bits per heavy atom. The minimum absolute atomic E-state index is 0. The molecule has 0 spiro atoms. The van der Waals surface area contributed by atoms with E-state index in [0.717, 1.165) is 12.5 Å². The van der Waals surface area contributed by atoms with Crippen LogP contribution in [0.1, 0.15) is 31.0 Å². The lowest BCUT2D eigenvalue weighted by Crippen LogP contribution is -2.44. The minimum atomic E-state index is 0. The van der Waals surface area contributed by atoms with Gasteiger partial charge in [-0.2, -0.15) is 0 Å². The largest absolute Gasteiger partial charge is 0.354 e. The highest BCUT2D eigenvalue weighted by molar-refractivity contribution is 14.0. The summed E-state index contributed by atoms with van der Waals surface area (Å²) in [5.74, 6) is 0.846. The van der Waals surface area contributed by atoms with Gasteiger partial charge in [0.1, 0.15) is 0 Å². The lowest BCUT2D eigenvalue weighted by atomic mass is 10.0. The molecular weight excluding hydrogens is 375 g/mol. The Kier molecular flexibility index (Phi) is 9.61. The van der Waals surface area contributed by atoms with E-state index in [0.29, 0.717) is 12.1 Å². The van der Waals surface area contributed by atoms with E-state index >= 15 is 0 Å². The number of nitrogens with zero attached hydrogens (tertiary/aromatic N) is 2. The summed E-state index contributed by atoms with van der Waals surface area (Å²) in [4.78, 5) is 6.47. The van der Waals surface area contributed by atoms with Gasteiger partial charge >= 0.3 is 0 Å². The minimum Gasteiger partial charge on any atom is -0.354 e. The van der Waals surface area contributed by atoms with Crippen LogP contribution in [-0.2, 0) is 0 Å². The SMILES string of the molecule is CN=C(NCC(c1ccc(C)cc1)N(C)C)NC(C)C.I. The second-order valence-electron chi connectivity index (χ2n) is 5.64. The van der Waals surface area contributed by atoms with Crippen molar-refractivity contribution in [3.05, 3.63) is 35.4 Å². The highest BCUT2D eigenvalue weighted by atomic mass is 127. The molecule has 1 aromatic rings. The third-order valence-electron chi connectivity index (χ3n) is 3.20. The van der Waals surface area contributed by atoms with Crippen LogP contribution in [0.4, 0.5) is 0 Å². The Bertz CT molecular complexity index is 426. The molecule has 1 unspecified atom stereocenters. The molecule has 5 heteroatoms. The summed E-state index contributed by atoms with van der Waals surface area (Å²) in [5, 5.41) is 6.70. The zero-order chi connectivity index (χ0) is 15.1. The maximum absolute atomic E-state index is 4.24. The lowest BCUT2D eigenvalue weighted by Gasteiger charge is -2.26. The smallest absolute Gasteiger partial charge is 0.191 e. The maximum atomic E-state index is 4.24. The second kappa shape index (κ2) is 10.00. The molecule has 0 bridgehead atoms. The third-order valence-corrected chi connectivity index (χ3v) is 3.20. The van der Waals surface area contributed by atoms with Crippen LogP contribution < -0.4 is 10.6 Å². The first-order valence-electron chi connectivity index (χ1n) is 7.14. The van der Waals surface area contributed by atoms with Crippen molar-refractivity contribution >= 4 is 29.9 Å². The topological polar surface area (TPSA) is 39.7 Å². The fraction of sp³-hybridized carbons (Fsp3) is 0.562. The van der Waals surface area contributed by atoms with Gasteiger partial charge in [-0.3, -0.25) is 4.99 Å². The van der Waals surface area contributed by atoms with E-state index in [2.05, 4.69) is 79.7 Å². The van der Waals surface area contributed by atoms with Gasteiger partial charge in [0.15, 0.2) is 5.96 Å². The predicted molar refractivity (Wildman–Crippen MR) is 103 cm³/mol. The van der Waals surface area contributed by atoms with E-state index in [4.69, 9.17) is 0 Å². The first-order valence-corrected chi connectivity index (χ1v) is 7.14. The molecule has 0 saturated heterocycles. The summed E-state index contributed by atoms with van der Waals surface area (Å²) >= 11 is 0. The van der Waals surface area contributed by atoms with Crippen LogP contribution in [0.2, 0.25) is 0 Å². The number of halogens is 1. The molecule has 1 aromatic carbocycles. The van der Waals surface area contributed by atoms with Gasteiger partial charge in [-0.15, -0.1) is 24.0 Å². The number of nitrogens with one attached hydrogen (secondary N) is 2. The zero-order valence-electron chi connectivity index (χ0n) is 14.0. The van der Waals surface area contributed by atoms with Gasteiger partial charge < -0.3 is 15.5 Å². The molecule has 0 aromatic heterocycles. The molecule has 0 saturated carbocycles. The fourth-order valence-corrected chi connectivity index (χ4v) is 2.05. The molecule has 120 valence electrons. The Morgan fingerprint density at radius 1 is 1.19 bits per heavy atom. The molecule has 4 nitrogen and oxygen atoms in total. The van der Waals surface area contributed by atoms with Crippen LogP contribution in [0.25, 0.3) is 0 Å². The van der Waals surface area contributed by atoms with Crippen molar-refractivity contribution in [1.29, 1.82) is 0 Å². The van der Waals surface area contributed by atoms with Crippen molar-refractivity contribution in [3.8, 4) is 0 Å². The number of guanidine groups is 1. The Labute approximate surface area is 146 Å². The standard InChI is InChI=1S/C16H28N4.HI/c1-12(2)19-16(17-4)18-11-15(20(5)6)14-9-7-13(3)8-10-14;/h7-10,12,15H,11H2,1-6H3,(H2,17,18,19);1H. The fourth-order valence-electron chi connectivity index (χ4n) is 2.05. The van der Waals surface area contributed by atoms with Crippen molar-refractivity contribution in [2.75, 3.05) is 27.7 Å². The van der Waals surface area contributed by atoms with Crippen LogP contribution in [0.3, 0.4) is 0 Å². The molecule has 0 fully saturated rings. The summed E-state index contributed by atoms with van der Waals surface area (Å²) < 4.78 is 0. The highest BCUT2D eigenvalue weighted by Crippen LogP contribution is 2.17. The zero-order valence-corrected chi connectivity index (χ0v) is 16.3. The van der Waals surface area contributed by atoms with E-state index in [1.807, 2.05) is 0 Å². The first kappa shape index (κ1) is 20.2. The van der Waals surface area contributed by atoms with Crippen LogP contribution >= 0.6 is 24.0 Å². The molecule has 0 radical (unpaired) electrons. The predicted octanol–water partition coefficient (Wildman–Crippen LogP) is 2.79. The summed E-state index contributed by atoms with van der Waals surface area (Å²) in [6.45, 7) is 7.15. The summed E-state index contributed by atoms with van der Waals surface area (Å²) in [5.41, 5.74) is 2.60. The number of rotatable bonds is 5. The molecule has 0 heterocycles. The van der Waals surface area contributed by atoms with Crippen LogP contribution in [0.5, 0.6) is 0 Å². The third kappa shape index (κ3) is 7.13. The maximum Gasteiger partial charge on any atom is 0.191 e. The Morgan fingerprint density at radius 2 is 1.76 bits per heavy atom. The average Bonchev–Trinajstić information content (AvgIpc) is 2.38. The first-order chi connectivity index (χ1) is 9.43. The number of aliphatic imine (C=N–C) groups is 1. The Balaban J connectivity index is 0.00000400. The number of hydrogen-bond acceptors (Lipinski definition) is 2. The molecule has 0 aliphatic carbocycles. The van der Waals surface area contributed by atoms with Gasteiger partial charge in [-0.1, -0.05) is 29.8 Å². The van der Waals surface area contributed by atoms with Crippen LogP contribution in [0.15, 0.2) is 29.3 Å². The quantitative estimate of drug-likeness (QED) is 0.451. The molecule has 0 aliphatic rings. The van der Waals surface area contributed by atoms with Gasteiger partial charge in [-0.25, -0.2) is 0 Å². The van der Waals surface area contributed by atoms with E-state index in [1.54, 1.807) is 7.05 Å². The van der Waals surface area contributed by atoms with E-state index in [1.165, 1.54) is 11.1 Å². The van der Waals surface area contributed by atoms with Crippen molar-refractivity contribution in [3.63, 3.8) is 0 Å². The normalized spacial score (nSPS) is 13.0.